The predicted octanol–water partition coefficient (Wildman–Crippen LogP) is 2.92. The van der Waals surface area contributed by atoms with E-state index in [1.54, 1.807) is 22.2 Å². The van der Waals surface area contributed by atoms with Gasteiger partial charge in [0.25, 0.3) is 5.91 Å². The highest BCUT2D eigenvalue weighted by Crippen LogP contribution is 2.14. The van der Waals surface area contributed by atoms with Crippen molar-refractivity contribution in [2.75, 3.05) is 6.54 Å². The minimum Gasteiger partial charge on any atom is -0.352 e. The zero-order valence-corrected chi connectivity index (χ0v) is 13.9. The van der Waals surface area contributed by atoms with Crippen molar-refractivity contribution in [2.24, 2.45) is 0 Å². The third-order valence-corrected chi connectivity index (χ3v) is 4.55. The molecule has 0 saturated heterocycles. The fourth-order valence-corrected chi connectivity index (χ4v) is 2.99. The van der Waals surface area contributed by atoms with Gasteiger partial charge in [0.15, 0.2) is 0 Å². The van der Waals surface area contributed by atoms with Crippen molar-refractivity contribution in [1.82, 2.24) is 20.1 Å². The Morgan fingerprint density at radius 2 is 2.17 bits per heavy atom. The third kappa shape index (κ3) is 3.65. The average molecular weight is 326 g/mol. The summed E-state index contributed by atoms with van der Waals surface area (Å²) in [5, 5.41) is 9.94. The van der Waals surface area contributed by atoms with E-state index in [0.717, 1.165) is 16.4 Å². The minimum atomic E-state index is -0.0457. The number of rotatable bonds is 5. The molecule has 0 saturated carbocycles. The zero-order chi connectivity index (χ0) is 16.2. The number of benzene rings is 1. The summed E-state index contributed by atoms with van der Waals surface area (Å²) < 4.78 is 1.74. The van der Waals surface area contributed by atoms with Gasteiger partial charge in [-0.2, -0.15) is 5.10 Å². The molecule has 0 spiro atoms. The Kier molecular flexibility index (Phi) is 4.52. The Morgan fingerprint density at radius 3 is 2.91 bits per heavy atom. The zero-order valence-electron chi connectivity index (χ0n) is 13.1. The van der Waals surface area contributed by atoms with Gasteiger partial charge in [-0.15, -0.1) is 11.3 Å². The fraction of sp³-hybridized carbons (Fsp3) is 0.235. The van der Waals surface area contributed by atoms with Gasteiger partial charge in [-0.05, 0) is 43.2 Å². The molecule has 0 bridgehead atoms. The maximum absolute atomic E-state index is 12.1. The Labute approximate surface area is 139 Å². The second kappa shape index (κ2) is 6.75. The van der Waals surface area contributed by atoms with Crippen molar-refractivity contribution in [3.05, 3.63) is 64.4 Å². The molecule has 0 radical (unpaired) electrons. The number of nitrogens with zero attached hydrogens (tertiary/aromatic N) is 3. The van der Waals surface area contributed by atoms with Crippen LogP contribution in [0.4, 0.5) is 0 Å². The van der Waals surface area contributed by atoms with Crippen LogP contribution in [-0.2, 0) is 6.42 Å². The van der Waals surface area contributed by atoms with Crippen LogP contribution >= 0.6 is 11.3 Å². The van der Waals surface area contributed by atoms with Crippen LogP contribution in [0.25, 0.3) is 5.13 Å². The molecule has 1 amide bonds. The number of carbonyl (C=O) groups is 1. The Hall–Kier alpha value is -2.47. The van der Waals surface area contributed by atoms with E-state index in [2.05, 4.69) is 15.4 Å². The normalized spacial score (nSPS) is 10.7. The first-order valence-corrected chi connectivity index (χ1v) is 8.31. The van der Waals surface area contributed by atoms with Crippen LogP contribution in [0.1, 0.15) is 27.2 Å². The molecule has 3 aromatic rings. The van der Waals surface area contributed by atoms with Crippen molar-refractivity contribution in [1.29, 1.82) is 0 Å². The van der Waals surface area contributed by atoms with Crippen molar-refractivity contribution < 1.29 is 4.79 Å². The van der Waals surface area contributed by atoms with Crippen molar-refractivity contribution >= 4 is 17.2 Å². The Balaban J connectivity index is 1.55. The lowest BCUT2D eigenvalue weighted by molar-refractivity contribution is 0.0954. The van der Waals surface area contributed by atoms with Gasteiger partial charge in [-0.25, -0.2) is 9.67 Å². The SMILES string of the molecule is Cc1ccc(C(=O)NCCc2csc(-n3cccn3)n2)cc1C. The number of amides is 1. The molecule has 3 rings (SSSR count). The number of hydrogen-bond donors (Lipinski definition) is 1. The molecule has 2 aromatic heterocycles. The first kappa shape index (κ1) is 15.4. The van der Waals surface area contributed by atoms with Gasteiger partial charge in [0.05, 0.1) is 5.69 Å². The van der Waals surface area contributed by atoms with Gasteiger partial charge in [0.1, 0.15) is 0 Å². The van der Waals surface area contributed by atoms with E-state index < -0.39 is 0 Å². The summed E-state index contributed by atoms with van der Waals surface area (Å²) in [6.07, 6.45) is 4.29. The number of aromatic nitrogens is 3. The Morgan fingerprint density at radius 1 is 1.30 bits per heavy atom. The molecule has 6 heteroatoms. The molecule has 1 aromatic carbocycles. The maximum Gasteiger partial charge on any atom is 0.251 e. The summed E-state index contributed by atoms with van der Waals surface area (Å²) in [6.45, 7) is 4.61. The van der Waals surface area contributed by atoms with Gasteiger partial charge < -0.3 is 5.32 Å². The molecule has 5 nitrogen and oxygen atoms in total. The number of thiazole rings is 1. The lowest BCUT2D eigenvalue weighted by atomic mass is 10.1. The molecule has 0 fully saturated rings. The summed E-state index contributed by atoms with van der Waals surface area (Å²) in [7, 11) is 0. The second-order valence-corrected chi connectivity index (χ2v) is 6.21. The number of carbonyl (C=O) groups excluding carboxylic acids is 1. The molecule has 0 aliphatic rings. The highest BCUT2D eigenvalue weighted by Gasteiger charge is 2.08. The van der Waals surface area contributed by atoms with E-state index in [4.69, 9.17) is 0 Å². The molecule has 2 heterocycles. The van der Waals surface area contributed by atoms with Crippen molar-refractivity contribution in [2.45, 2.75) is 20.3 Å². The van der Waals surface area contributed by atoms with E-state index >= 15 is 0 Å². The molecule has 23 heavy (non-hydrogen) atoms. The monoisotopic (exact) mass is 326 g/mol. The molecule has 118 valence electrons. The number of nitrogens with one attached hydrogen (secondary N) is 1. The number of aryl methyl sites for hydroxylation is 2. The van der Waals surface area contributed by atoms with Gasteiger partial charge in [-0.1, -0.05) is 6.07 Å². The summed E-state index contributed by atoms with van der Waals surface area (Å²) in [6, 6.07) is 7.62. The van der Waals surface area contributed by atoms with Crippen LogP contribution in [0.3, 0.4) is 0 Å². The Bertz CT molecular complexity index is 808. The fourth-order valence-electron chi connectivity index (χ4n) is 2.19. The average Bonchev–Trinajstić information content (AvgIpc) is 3.20. The summed E-state index contributed by atoms with van der Waals surface area (Å²) in [4.78, 5) is 16.7. The molecule has 0 aliphatic heterocycles. The summed E-state index contributed by atoms with van der Waals surface area (Å²) in [5.74, 6) is -0.0457. The van der Waals surface area contributed by atoms with E-state index in [1.165, 1.54) is 5.56 Å². The highest BCUT2D eigenvalue weighted by atomic mass is 32.1. The lowest BCUT2D eigenvalue weighted by Gasteiger charge is -2.06. The molecule has 0 atom stereocenters. The maximum atomic E-state index is 12.1. The topological polar surface area (TPSA) is 59.8 Å². The lowest BCUT2D eigenvalue weighted by Crippen LogP contribution is -2.25. The van der Waals surface area contributed by atoms with Gasteiger partial charge in [0.2, 0.25) is 5.13 Å². The van der Waals surface area contributed by atoms with Gasteiger partial charge in [-0.3, -0.25) is 4.79 Å². The highest BCUT2D eigenvalue weighted by molar-refractivity contribution is 7.12. The third-order valence-electron chi connectivity index (χ3n) is 3.68. The first-order chi connectivity index (χ1) is 11.1. The first-order valence-electron chi connectivity index (χ1n) is 7.43. The van der Waals surface area contributed by atoms with E-state index in [9.17, 15) is 4.79 Å². The van der Waals surface area contributed by atoms with Crippen LogP contribution < -0.4 is 5.32 Å². The van der Waals surface area contributed by atoms with Crippen LogP contribution in [0, 0.1) is 13.8 Å². The molecule has 0 aliphatic carbocycles. The number of hydrogen-bond acceptors (Lipinski definition) is 4. The summed E-state index contributed by atoms with van der Waals surface area (Å²) in [5.41, 5.74) is 3.97. The smallest absolute Gasteiger partial charge is 0.251 e. The minimum absolute atomic E-state index is 0.0457. The van der Waals surface area contributed by atoms with Crippen molar-refractivity contribution in [3.63, 3.8) is 0 Å². The molecule has 0 unspecified atom stereocenters. The van der Waals surface area contributed by atoms with E-state index in [1.807, 2.05) is 49.7 Å². The van der Waals surface area contributed by atoms with E-state index in [-0.39, 0.29) is 5.91 Å². The summed E-state index contributed by atoms with van der Waals surface area (Å²) >= 11 is 1.54. The second-order valence-electron chi connectivity index (χ2n) is 5.38. The van der Waals surface area contributed by atoms with Crippen LogP contribution in [-0.4, -0.2) is 27.2 Å². The van der Waals surface area contributed by atoms with Crippen LogP contribution in [0.2, 0.25) is 0 Å². The predicted molar refractivity (Wildman–Crippen MR) is 91.2 cm³/mol. The standard InChI is InChI=1S/C17H18N4OS/c1-12-4-5-14(10-13(12)2)16(22)18-8-6-15-11-23-17(20-15)21-9-3-7-19-21/h3-5,7,9-11H,6,8H2,1-2H3,(H,18,22). The molecule has 1 N–H and O–H groups in total. The van der Waals surface area contributed by atoms with E-state index in [0.29, 0.717) is 18.5 Å². The van der Waals surface area contributed by atoms with Crippen molar-refractivity contribution in [3.8, 4) is 5.13 Å². The molecular weight excluding hydrogens is 308 g/mol. The van der Waals surface area contributed by atoms with Gasteiger partial charge in [0, 0.05) is 36.3 Å². The van der Waals surface area contributed by atoms with Gasteiger partial charge >= 0.3 is 0 Å². The largest absolute Gasteiger partial charge is 0.352 e. The van der Waals surface area contributed by atoms with Crippen LogP contribution in [0.5, 0.6) is 0 Å². The molecular formula is C17H18N4OS. The van der Waals surface area contributed by atoms with Crippen LogP contribution in [0.15, 0.2) is 42.0 Å². The quantitative estimate of drug-likeness (QED) is 0.784.